The minimum Gasteiger partial charge on any atom is -0.204 e. The van der Waals surface area contributed by atoms with Crippen LogP contribution in [0.2, 0.25) is 0 Å². The van der Waals surface area contributed by atoms with E-state index >= 15 is 0 Å². The van der Waals surface area contributed by atoms with Crippen molar-refractivity contribution in [1.29, 1.82) is 0 Å². The third-order valence-electron chi connectivity index (χ3n) is 8.78. The first-order valence-electron chi connectivity index (χ1n) is 13.8. The van der Waals surface area contributed by atoms with Gasteiger partial charge in [0, 0.05) is 0 Å². The van der Waals surface area contributed by atoms with Crippen molar-refractivity contribution >= 4 is 0 Å². The summed E-state index contributed by atoms with van der Waals surface area (Å²) in [6.07, 6.45) is 19.4. The molecule has 0 radical (unpaired) electrons. The normalized spacial score (nSPS) is 25.4. The average molecular weight is 471 g/mol. The van der Waals surface area contributed by atoms with Crippen LogP contribution in [0.1, 0.15) is 96.0 Å². The van der Waals surface area contributed by atoms with Gasteiger partial charge in [-0.05, 0) is 91.0 Å². The third kappa shape index (κ3) is 6.67. The zero-order valence-corrected chi connectivity index (χ0v) is 20.8. The highest BCUT2D eigenvalue weighted by Gasteiger charge is 2.30. The molecule has 0 heterocycles. The molecule has 2 fully saturated rings. The van der Waals surface area contributed by atoms with Crippen LogP contribution < -0.4 is 0 Å². The lowest BCUT2D eigenvalue weighted by Crippen LogP contribution is -2.26. The maximum absolute atomic E-state index is 13.5. The van der Waals surface area contributed by atoms with Gasteiger partial charge in [-0.2, -0.15) is 0 Å². The summed E-state index contributed by atoms with van der Waals surface area (Å²) in [5.41, 5.74) is 2.34. The van der Waals surface area contributed by atoms with Crippen LogP contribution in [0, 0.1) is 41.1 Å². The molecule has 34 heavy (non-hydrogen) atoms. The molecule has 0 aliphatic heterocycles. The van der Waals surface area contributed by atoms with Crippen molar-refractivity contribution in [1.82, 2.24) is 0 Å². The summed E-state index contributed by atoms with van der Waals surface area (Å²) in [6, 6.07) is 9.97. The van der Waals surface area contributed by atoms with Gasteiger partial charge in [0.25, 0.3) is 0 Å². The van der Waals surface area contributed by atoms with E-state index in [0.29, 0.717) is 11.1 Å². The van der Waals surface area contributed by atoms with Crippen molar-refractivity contribution < 1.29 is 13.2 Å². The van der Waals surface area contributed by atoms with Crippen LogP contribution in [0.5, 0.6) is 0 Å². The van der Waals surface area contributed by atoms with Crippen molar-refractivity contribution in [2.45, 2.75) is 96.8 Å². The summed E-state index contributed by atoms with van der Waals surface area (Å²) in [5, 5.41) is 0. The Labute approximate surface area is 204 Å². The Hall–Kier alpha value is -1.77. The van der Waals surface area contributed by atoms with E-state index in [-0.39, 0.29) is 0 Å². The van der Waals surface area contributed by atoms with Crippen molar-refractivity contribution in [3.8, 4) is 11.1 Å². The van der Waals surface area contributed by atoms with E-state index in [1.807, 2.05) is 24.3 Å². The smallest absolute Gasteiger partial charge is 0.194 e. The Morgan fingerprint density at radius 1 is 0.647 bits per heavy atom. The summed E-state index contributed by atoms with van der Waals surface area (Å²) >= 11 is 0. The van der Waals surface area contributed by atoms with Crippen molar-refractivity contribution in [3.63, 3.8) is 0 Å². The number of unbranched alkanes of at least 4 members (excludes halogenated alkanes) is 2. The van der Waals surface area contributed by atoms with Gasteiger partial charge >= 0.3 is 0 Å². The summed E-state index contributed by atoms with van der Waals surface area (Å²) in [6.45, 7) is 2.30. The quantitative estimate of drug-likeness (QED) is 0.253. The van der Waals surface area contributed by atoms with E-state index < -0.39 is 17.5 Å². The minimum atomic E-state index is -1.41. The van der Waals surface area contributed by atoms with E-state index in [1.54, 1.807) is 0 Å². The fourth-order valence-electron chi connectivity index (χ4n) is 6.54. The second-order valence-corrected chi connectivity index (χ2v) is 11.0. The van der Waals surface area contributed by atoms with E-state index in [0.717, 1.165) is 42.2 Å². The maximum atomic E-state index is 13.5. The van der Waals surface area contributed by atoms with E-state index in [2.05, 4.69) is 6.92 Å². The number of halogens is 3. The molecule has 2 aromatic carbocycles. The zero-order valence-electron chi connectivity index (χ0n) is 20.8. The molecule has 0 spiro atoms. The molecule has 0 atom stereocenters. The number of hydrogen-bond acceptors (Lipinski definition) is 0. The Kier molecular flexibility index (Phi) is 9.14. The monoisotopic (exact) mass is 470 g/mol. The second kappa shape index (κ2) is 12.3. The third-order valence-corrected chi connectivity index (χ3v) is 8.78. The molecule has 0 saturated heterocycles. The minimum absolute atomic E-state index is 0.372. The standard InChI is InChI=1S/C31H41F3/c1-2-3-4-5-22-8-14-25(15-9-22)26-16-10-23(11-17-26)6-7-24-12-18-27(19-13-24)28-20-29(32)31(34)30(33)21-28/h12-13,18-23,25-26H,2-11,14-17H2,1H3. The lowest BCUT2D eigenvalue weighted by Gasteiger charge is -2.38. The molecule has 0 aromatic heterocycles. The van der Waals surface area contributed by atoms with Crippen LogP contribution in [0.25, 0.3) is 11.1 Å². The average Bonchev–Trinajstić information content (AvgIpc) is 2.87. The first kappa shape index (κ1) is 25.3. The predicted molar refractivity (Wildman–Crippen MR) is 135 cm³/mol. The van der Waals surface area contributed by atoms with Crippen LogP contribution in [0.4, 0.5) is 13.2 Å². The molecule has 2 aromatic rings. The maximum Gasteiger partial charge on any atom is 0.194 e. The predicted octanol–water partition coefficient (Wildman–Crippen LogP) is 9.90. The largest absolute Gasteiger partial charge is 0.204 e. The molecule has 0 N–H and O–H groups in total. The van der Waals surface area contributed by atoms with Crippen LogP contribution in [0.3, 0.4) is 0 Å². The van der Waals surface area contributed by atoms with Crippen LogP contribution in [-0.2, 0) is 6.42 Å². The van der Waals surface area contributed by atoms with Gasteiger partial charge in [0.1, 0.15) is 0 Å². The first-order valence-corrected chi connectivity index (χ1v) is 13.8. The van der Waals surface area contributed by atoms with Gasteiger partial charge in [0.15, 0.2) is 17.5 Å². The molecule has 0 nitrogen and oxygen atoms in total. The van der Waals surface area contributed by atoms with Crippen molar-refractivity contribution in [2.24, 2.45) is 23.7 Å². The number of hydrogen-bond donors (Lipinski definition) is 0. The molecular weight excluding hydrogens is 429 g/mol. The summed E-state index contributed by atoms with van der Waals surface area (Å²) in [7, 11) is 0. The zero-order chi connectivity index (χ0) is 23.9. The van der Waals surface area contributed by atoms with E-state index in [9.17, 15) is 13.2 Å². The van der Waals surface area contributed by atoms with E-state index in [1.165, 1.54) is 89.0 Å². The van der Waals surface area contributed by atoms with Gasteiger partial charge in [0.2, 0.25) is 0 Å². The fourth-order valence-corrected chi connectivity index (χ4v) is 6.54. The first-order chi connectivity index (χ1) is 16.5. The molecular formula is C31H41F3. The van der Waals surface area contributed by atoms with Crippen molar-refractivity contribution in [3.05, 3.63) is 59.4 Å². The molecule has 2 aliphatic carbocycles. The molecule has 0 bridgehead atoms. The Bertz CT molecular complexity index is 864. The highest BCUT2D eigenvalue weighted by molar-refractivity contribution is 5.63. The number of aryl methyl sites for hydroxylation is 1. The van der Waals surface area contributed by atoms with Gasteiger partial charge < -0.3 is 0 Å². The lowest BCUT2D eigenvalue weighted by molar-refractivity contribution is 0.140. The molecule has 2 saturated carbocycles. The number of benzene rings is 2. The van der Waals surface area contributed by atoms with Gasteiger partial charge in [-0.3, -0.25) is 0 Å². The van der Waals surface area contributed by atoms with Crippen LogP contribution >= 0.6 is 0 Å². The fraction of sp³-hybridized carbons (Fsp3) is 0.613. The molecule has 3 heteroatoms. The molecule has 2 aliphatic rings. The lowest BCUT2D eigenvalue weighted by atomic mass is 9.68. The second-order valence-electron chi connectivity index (χ2n) is 11.0. The number of rotatable bonds is 9. The SMILES string of the molecule is CCCCCC1CCC(C2CCC(CCc3ccc(-c4cc(F)c(F)c(F)c4)cc3)CC2)CC1. The van der Waals surface area contributed by atoms with Gasteiger partial charge in [-0.1, -0.05) is 82.6 Å². The molecule has 186 valence electrons. The highest BCUT2D eigenvalue weighted by Crippen LogP contribution is 2.43. The Morgan fingerprint density at radius 2 is 1.18 bits per heavy atom. The molecule has 4 rings (SSSR count). The Balaban J connectivity index is 1.18. The van der Waals surface area contributed by atoms with Crippen LogP contribution in [-0.4, -0.2) is 0 Å². The molecule has 0 amide bonds. The molecule has 0 unspecified atom stereocenters. The Morgan fingerprint density at radius 3 is 1.71 bits per heavy atom. The summed E-state index contributed by atoms with van der Waals surface area (Å²) in [5.74, 6) is 0.0727. The van der Waals surface area contributed by atoms with Gasteiger partial charge in [0.05, 0.1) is 0 Å². The summed E-state index contributed by atoms with van der Waals surface area (Å²) in [4.78, 5) is 0. The van der Waals surface area contributed by atoms with Gasteiger partial charge in [-0.25, -0.2) is 13.2 Å². The summed E-state index contributed by atoms with van der Waals surface area (Å²) < 4.78 is 40.3. The highest BCUT2D eigenvalue weighted by atomic mass is 19.2. The van der Waals surface area contributed by atoms with E-state index in [4.69, 9.17) is 0 Å². The van der Waals surface area contributed by atoms with Crippen molar-refractivity contribution in [2.75, 3.05) is 0 Å². The van der Waals surface area contributed by atoms with Crippen LogP contribution in [0.15, 0.2) is 36.4 Å². The topological polar surface area (TPSA) is 0 Å². The van der Waals surface area contributed by atoms with Gasteiger partial charge in [-0.15, -0.1) is 0 Å².